The highest BCUT2D eigenvalue weighted by molar-refractivity contribution is 9.10. The van der Waals surface area contributed by atoms with Crippen LogP contribution in [0.2, 0.25) is 0 Å². The van der Waals surface area contributed by atoms with Crippen LogP contribution in [0.1, 0.15) is 11.1 Å². The Labute approximate surface area is 145 Å². The normalized spacial score (nSPS) is 10.6. The van der Waals surface area contributed by atoms with E-state index in [4.69, 9.17) is 4.74 Å². The van der Waals surface area contributed by atoms with Crippen molar-refractivity contribution in [2.75, 3.05) is 20.7 Å². The lowest BCUT2D eigenvalue weighted by molar-refractivity contribution is -0.122. The van der Waals surface area contributed by atoms with Crippen LogP contribution in [0.25, 0.3) is 0 Å². The van der Waals surface area contributed by atoms with E-state index in [1.165, 1.54) is 5.56 Å². The van der Waals surface area contributed by atoms with E-state index in [-0.39, 0.29) is 5.91 Å². The third-order valence-electron chi connectivity index (χ3n) is 3.43. The second-order valence-corrected chi connectivity index (χ2v) is 6.34. The Morgan fingerprint density at radius 2 is 1.70 bits per heavy atom. The van der Waals surface area contributed by atoms with Crippen LogP contribution < -0.4 is 10.1 Å². The Morgan fingerprint density at radius 3 is 2.30 bits per heavy atom. The van der Waals surface area contributed by atoms with Crippen LogP contribution in [-0.4, -0.2) is 31.5 Å². The lowest BCUT2D eigenvalue weighted by Crippen LogP contribution is -2.34. The Morgan fingerprint density at radius 1 is 1.09 bits per heavy atom. The molecule has 2 aromatic rings. The SMILES string of the molecule is COc1ccc(CNC(=O)CN(C)Cc2ccc(Br)cc2)cc1. The van der Waals surface area contributed by atoms with Crippen molar-refractivity contribution in [2.45, 2.75) is 13.1 Å². The van der Waals surface area contributed by atoms with Crippen LogP contribution in [0.5, 0.6) is 5.75 Å². The van der Waals surface area contributed by atoms with Gasteiger partial charge in [0.1, 0.15) is 5.75 Å². The largest absolute Gasteiger partial charge is 0.497 e. The van der Waals surface area contributed by atoms with E-state index < -0.39 is 0 Å². The topological polar surface area (TPSA) is 41.6 Å². The number of rotatable bonds is 7. The first kappa shape index (κ1) is 17.5. The molecule has 0 unspecified atom stereocenters. The number of carbonyl (C=O) groups is 1. The molecule has 0 radical (unpaired) electrons. The first-order valence-electron chi connectivity index (χ1n) is 7.39. The summed E-state index contributed by atoms with van der Waals surface area (Å²) < 4.78 is 6.17. The Balaban J connectivity index is 1.75. The molecule has 122 valence electrons. The minimum absolute atomic E-state index is 0.0143. The molecule has 1 amide bonds. The molecule has 0 saturated carbocycles. The minimum Gasteiger partial charge on any atom is -0.497 e. The lowest BCUT2D eigenvalue weighted by atomic mass is 10.2. The van der Waals surface area contributed by atoms with Crippen LogP contribution in [0.4, 0.5) is 0 Å². The average Bonchev–Trinajstić information content (AvgIpc) is 2.55. The fraction of sp³-hybridized carbons (Fsp3) is 0.278. The molecule has 2 aromatic carbocycles. The summed E-state index contributed by atoms with van der Waals surface area (Å²) in [5.41, 5.74) is 2.23. The standard InChI is InChI=1S/C18H21BrN2O2/c1-21(12-15-3-7-16(19)8-4-15)13-18(22)20-11-14-5-9-17(23-2)10-6-14/h3-10H,11-13H2,1-2H3,(H,20,22). The van der Waals surface area contributed by atoms with E-state index in [0.717, 1.165) is 22.3 Å². The maximum atomic E-state index is 12.0. The van der Waals surface area contributed by atoms with Crippen LogP contribution >= 0.6 is 15.9 Å². The van der Waals surface area contributed by atoms with Crippen LogP contribution in [-0.2, 0) is 17.9 Å². The second kappa shape index (κ2) is 8.70. The number of hydrogen-bond donors (Lipinski definition) is 1. The second-order valence-electron chi connectivity index (χ2n) is 5.42. The number of amides is 1. The van der Waals surface area contributed by atoms with Gasteiger partial charge in [0.25, 0.3) is 0 Å². The van der Waals surface area contributed by atoms with Crippen molar-refractivity contribution in [3.05, 3.63) is 64.1 Å². The van der Waals surface area contributed by atoms with Crippen molar-refractivity contribution in [3.63, 3.8) is 0 Å². The number of methoxy groups -OCH3 is 1. The molecule has 0 aliphatic carbocycles. The predicted molar refractivity (Wildman–Crippen MR) is 95.3 cm³/mol. The Hall–Kier alpha value is -1.85. The van der Waals surface area contributed by atoms with Crippen LogP contribution in [0.3, 0.4) is 0 Å². The monoisotopic (exact) mass is 376 g/mol. The van der Waals surface area contributed by atoms with Crippen molar-refractivity contribution in [3.8, 4) is 5.75 Å². The minimum atomic E-state index is 0.0143. The van der Waals surface area contributed by atoms with Gasteiger partial charge in [-0.05, 0) is 42.4 Å². The van der Waals surface area contributed by atoms with E-state index in [9.17, 15) is 4.79 Å². The fourth-order valence-electron chi connectivity index (χ4n) is 2.20. The molecule has 4 nitrogen and oxygen atoms in total. The zero-order chi connectivity index (χ0) is 16.7. The number of benzene rings is 2. The molecule has 0 heterocycles. The van der Waals surface area contributed by atoms with Gasteiger partial charge in [-0.2, -0.15) is 0 Å². The maximum absolute atomic E-state index is 12.0. The van der Waals surface area contributed by atoms with Gasteiger partial charge in [0.05, 0.1) is 13.7 Å². The molecule has 1 N–H and O–H groups in total. The molecule has 5 heteroatoms. The third-order valence-corrected chi connectivity index (χ3v) is 3.96. The number of halogens is 1. The van der Waals surface area contributed by atoms with Gasteiger partial charge < -0.3 is 10.1 Å². The highest BCUT2D eigenvalue weighted by Crippen LogP contribution is 2.12. The summed E-state index contributed by atoms with van der Waals surface area (Å²) in [6, 6.07) is 15.8. The summed E-state index contributed by atoms with van der Waals surface area (Å²) in [6.07, 6.45) is 0. The predicted octanol–water partition coefficient (Wildman–Crippen LogP) is 3.21. The van der Waals surface area contributed by atoms with Gasteiger partial charge in [0.2, 0.25) is 5.91 Å². The Bertz CT molecular complexity index is 626. The fourth-order valence-corrected chi connectivity index (χ4v) is 2.47. The first-order valence-corrected chi connectivity index (χ1v) is 8.19. The maximum Gasteiger partial charge on any atom is 0.234 e. The molecule has 0 aliphatic rings. The quantitative estimate of drug-likeness (QED) is 0.806. The zero-order valence-corrected chi connectivity index (χ0v) is 15.0. The number of ether oxygens (including phenoxy) is 1. The van der Waals surface area contributed by atoms with E-state index in [0.29, 0.717) is 13.1 Å². The number of nitrogens with one attached hydrogen (secondary N) is 1. The van der Waals surface area contributed by atoms with Crippen molar-refractivity contribution in [2.24, 2.45) is 0 Å². The number of hydrogen-bond acceptors (Lipinski definition) is 3. The highest BCUT2D eigenvalue weighted by atomic mass is 79.9. The van der Waals surface area contributed by atoms with Gasteiger partial charge in [-0.3, -0.25) is 9.69 Å². The molecule has 0 saturated heterocycles. The summed E-state index contributed by atoms with van der Waals surface area (Å²) in [5, 5.41) is 2.93. The molecule has 0 fully saturated rings. The molecule has 0 atom stereocenters. The molecule has 23 heavy (non-hydrogen) atoms. The summed E-state index contributed by atoms with van der Waals surface area (Å²) >= 11 is 3.42. The smallest absolute Gasteiger partial charge is 0.234 e. The van der Waals surface area contributed by atoms with E-state index in [1.807, 2.05) is 48.3 Å². The highest BCUT2D eigenvalue weighted by Gasteiger charge is 2.07. The van der Waals surface area contributed by atoms with Crippen molar-refractivity contribution in [1.29, 1.82) is 0 Å². The van der Waals surface area contributed by atoms with Crippen molar-refractivity contribution >= 4 is 21.8 Å². The van der Waals surface area contributed by atoms with Crippen molar-refractivity contribution in [1.82, 2.24) is 10.2 Å². The summed E-state index contributed by atoms with van der Waals surface area (Å²) in [7, 11) is 3.58. The van der Waals surface area contributed by atoms with Gasteiger partial charge in [0.15, 0.2) is 0 Å². The van der Waals surface area contributed by atoms with Crippen LogP contribution in [0, 0.1) is 0 Å². The lowest BCUT2D eigenvalue weighted by Gasteiger charge is -2.16. The van der Waals surface area contributed by atoms with E-state index in [1.54, 1.807) is 7.11 Å². The Kier molecular flexibility index (Phi) is 6.62. The third kappa shape index (κ3) is 6.04. The molecular weight excluding hydrogens is 356 g/mol. The van der Waals surface area contributed by atoms with Gasteiger partial charge in [-0.1, -0.05) is 40.2 Å². The zero-order valence-electron chi connectivity index (χ0n) is 13.4. The number of nitrogens with zero attached hydrogens (tertiary/aromatic N) is 1. The molecule has 0 bridgehead atoms. The van der Waals surface area contributed by atoms with Gasteiger partial charge in [-0.15, -0.1) is 0 Å². The summed E-state index contributed by atoms with van der Waals surface area (Å²) in [5.74, 6) is 0.828. The van der Waals surface area contributed by atoms with Gasteiger partial charge in [0, 0.05) is 17.6 Å². The summed E-state index contributed by atoms with van der Waals surface area (Å²) in [6.45, 7) is 1.63. The number of carbonyl (C=O) groups excluding carboxylic acids is 1. The van der Waals surface area contributed by atoms with Crippen LogP contribution in [0.15, 0.2) is 53.0 Å². The van der Waals surface area contributed by atoms with Crippen molar-refractivity contribution < 1.29 is 9.53 Å². The van der Waals surface area contributed by atoms with Gasteiger partial charge in [-0.25, -0.2) is 0 Å². The summed E-state index contributed by atoms with van der Waals surface area (Å²) in [4.78, 5) is 14.0. The number of likely N-dealkylation sites (N-methyl/N-ethyl adjacent to an activating group) is 1. The molecule has 0 spiro atoms. The van der Waals surface area contributed by atoms with E-state index in [2.05, 4.69) is 33.4 Å². The molecule has 2 rings (SSSR count). The van der Waals surface area contributed by atoms with E-state index >= 15 is 0 Å². The first-order chi connectivity index (χ1) is 11.1. The molecule has 0 aliphatic heterocycles. The molecule has 0 aromatic heterocycles. The van der Waals surface area contributed by atoms with Gasteiger partial charge >= 0.3 is 0 Å². The molecular formula is C18H21BrN2O2. The average molecular weight is 377 g/mol.